The van der Waals surface area contributed by atoms with Gasteiger partial charge in [-0.2, -0.15) is 5.26 Å². The molecule has 1 saturated carbocycles. The van der Waals surface area contributed by atoms with Gasteiger partial charge >= 0.3 is 0 Å². The van der Waals surface area contributed by atoms with E-state index in [1.54, 1.807) is 6.07 Å². The maximum atomic E-state index is 9.15. The number of rotatable bonds is 2. The van der Waals surface area contributed by atoms with Crippen molar-refractivity contribution in [3.63, 3.8) is 0 Å². The number of hydrogen-bond donors (Lipinski definition) is 0. The molecule has 1 aromatic rings. The van der Waals surface area contributed by atoms with Crippen molar-refractivity contribution in [2.24, 2.45) is 0 Å². The Morgan fingerprint density at radius 2 is 2.00 bits per heavy atom. The van der Waals surface area contributed by atoms with Gasteiger partial charge in [0.05, 0.1) is 11.3 Å². The predicted octanol–water partition coefficient (Wildman–Crippen LogP) is 3.98. The summed E-state index contributed by atoms with van der Waals surface area (Å²) in [5.74, 6) is 0. The topological polar surface area (TPSA) is 27.0 Å². The van der Waals surface area contributed by atoms with E-state index in [9.17, 15) is 0 Å². The van der Waals surface area contributed by atoms with Crippen LogP contribution in [0, 0.1) is 11.3 Å². The molecule has 0 spiro atoms. The first-order valence-electron chi connectivity index (χ1n) is 6.15. The van der Waals surface area contributed by atoms with E-state index < -0.39 is 0 Å². The molecule has 0 saturated heterocycles. The van der Waals surface area contributed by atoms with E-state index in [-0.39, 0.29) is 0 Å². The van der Waals surface area contributed by atoms with Crippen LogP contribution in [-0.2, 0) is 0 Å². The van der Waals surface area contributed by atoms with Crippen LogP contribution in [0.25, 0.3) is 0 Å². The van der Waals surface area contributed by atoms with Crippen molar-refractivity contribution in [1.29, 1.82) is 5.26 Å². The molecule has 1 aliphatic carbocycles. The molecule has 90 valence electrons. The quantitative estimate of drug-likeness (QED) is 0.792. The molecular formula is C14H17ClN2. The lowest BCUT2D eigenvalue weighted by molar-refractivity contribution is 0.427. The van der Waals surface area contributed by atoms with Crippen molar-refractivity contribution < 1.29 is 0 Å². The molecule has 1 fully saturated rings. The highest BCUT2D eigenvalue weighted by Crippen LogP contribution is 2.29. The Hall–Kier alpha value is -1.20. The lowest BCUT2D eigenvalue weighted by atomic mass is 9.94. The Kier molecular flexibility index (Phi) is 3.91. The molecule has 0 heterocycles. The van der Waals surface area contributed by atoms with E-state index in [4.69, 9.17) is 16.9 Å². The van der Waals surface area contributed by atoms with Crippen molar-refractivity contribution in [1.82, 2.24) is 0 Å². The van der Waals surface area contributed by atoms with Crippen LogP contribution < -0.4 is 4.90 Å². The van der Waals surface area contributed by atoms with Crippen molar-refractivity contribution in [3.8, 4) is 6.07 Å². The summed E-state index contributed by atoms with van der Waals surface area (Å²) in [7, 11) is 2.08. The largest absolute Gasteiger partial charge is 0.371 e. The third-order valence-corrected chi connectivity index (χ3v) is 3.82. The van der Waals surface area contributed by atoms with Gasteiger partial charge in [-0.3, -0.25) is 0 Å². The van der Waals surface area contributed by atoms with Gasteiger partial charge < -0.3 is 4.90 Å². The Labute approximate surface area is 108 Å². The number of nitrogens with zero attached hydrogens (tertiary/aromatic N) is 2. The average Bonchev–Trinajstić information content (AvgIpc) is 2.39. The van der Waals surface area contributed by atoms with Crippen LogP contribution in [0.4, 0.5) is 5.69 Å². The minimum absolute atomic E-state index is 0.567. The maximum Gasteiger partial charge on any atom is 0.101 e. The molecular weight excluding hydrogens is 232 g/mol. The van der Waals surface area contributed by atoms with Crippen LogP contribution >= 0.6 is 11.6 Å². The summed E-state index contributed by atoms with van der Waals surface area (Å²) in [6.45, 7) is 0. The summed E-state index contributed by atoms with van der Waals surface area (Å²) in [4.78, 5) is 2.24. The minimum atomic E-state index is 0.567. The number of benzene rings is 1. The molecule has 0 amide bonds. The molecule has 0 radical (unpaired) electrons. The smallest absolute Gasteiger partial charge is 0.101 e. The molecule has 2 nitrogen and oxygen atoms in total. The zero-order valence-electron chi connectivity index (χ0n) is 10.1. The molecule has 0 bridgehead atoms. The molecule has 17 heavy (non-hydrogen) atoms. The van der Waals surface area contributed by atoms with E-state index in [1.165, 1.54) is 32.1 Å². The molecule has 1 aliphatic rings. The fraction of sp³-hybridized carbons (Fsp3) is 0.500. The maximum absolute atomic E-state index is 9.15. The molecule has 3 heteroatoms. The molecule has 0 aromatic heterocycles. The summed E-state index contributed by atoms with van der Waals surface area (Å²) in [5, 5.41) is 9.78. The summed E-state index contributed by atoms with van der Waals surface area (Å²) in [6.07, 6.45) is 6.39. The number of nitriles is 1. The van der Waals surface area contributed by atoms with Gasteiger partial charge in [-0.05, 0) is 31.0 Å². The molecule has 1 aromatic carbocycles. The Morgan fingerprint density at radius 3 is 2.65 bits per heavy atom. The number of hydrogen-bond acceptors (Lipinski definition) is 2. The fourth-order valence-corrected chi connectivity index (χ4v) is 2.74. The molecule has 0 unspecified atom stereocenters. The first-order valence-corrected chi connectivity index (χ1v) is 6.52. The standard InChI is InChI=1S/C14H17ClN2/c1-17(13-5-3-2-4-6-13)14-8-7-12(15)9-11(14)10-16/h7-9,13H,2-6H2,1H3. The van der Waals surface area contributed by atoms with Gasteiger partial charge in [0.15, 0.2) is 0 Å². The summed E-state index contributed by atoms with van der Waals surface area (Å²) >= 11 is 5.92. The normalized spacial score (nSPS) is 16.5. The second-order valence-corrected chi connectivity index (χ2v) is 5.11. The van der Waals surface area contributed by atoms with Crippen LogP contribution in [0.3, 0.4) is 0 Å². The van der Waals surface area contributed by atoms with Gasteiger partial charge in [0, 0.05) is 18.1 Å². The first-order chi connectivity index (χ1) is 8.22. The second-order valence-electron chi connectivity index (χ2n) is 4.68. The minimum Gasteiger partial charge on any atom is -0.371 e. The van der Waals surface area contributed by atoms with Crippen LogP contribution in [0.15, 0.2) is 18.2 Å². The fourth-order valence-electron chi connectivity index (χ4n) is 2.57. The van der Waals surface area contributed by atoms with Crippen LogP contribution in [-0.4, -0.2) is 13.1 Å². The molecule has 0 atom stereocenters. The Balaban J connectivity index is 2.23. The highest BCUT2D eigenvalue weighted by atomic mass is 35.5. The van der Waals surface area contributed by atoms with E-state index in [0.29, 0.717) is 16.6 Å². The number of halogens is 1. The summed E-state index contributed by atoms with van der Waals surface area (Å²) in [5.41, 5.74) is 1.68. The first kappa shape index (κ1) is 12.3. The van der Waals surface area contributed by atoms with Crippen molar-refractivity contribution in [3.05, 3.63) is 28.8 Å². The molecule has 0 aliphatic heterocycles. The van der Waals surface area contributed by atoms with E-state index in [1.807, 2.05) is 12.1 Å². The van der Waals surface area contributed by atoms with Gasteiger partial charge in [-0.1, -0.05) is 30.9 Å². The summed E-state index contributed by atoms with van der Waals surface area (Å²) in [6, 6.07) is 8.36. The average molecular weight is 249 g/mol. The SMILES string of the molecule is CN(c1ccc(Cl)cc1C#N)C1CCCCC1. The zero-order chi connectivity index (χ0) is 12.3. The van der Waals surface area contributed by atoms with Crippen molar-refractivity contribution in [2.45, 2.75) is 38.1 Å². The third kappa shape index (κ3) is 2.73. The van der Waals surface area contributed by atoms with E-state index >= 15 is 0 Å². The van der Waals surface area contributed by atoms with Gasteiger partial charge in [0.25, 0.3) is 0 Å². The lowest BCUT2D eigenvalue weighted by Gasteiger charge is -2.33. The van der Waals surface area contributed by atoms with E-state index in [0.717, 1.165) is 5.69 Å². The van der Waals surface area contributed by atoms with Crippen LogP contribution in [0.5, 0.6) is 0 Å². The second kappa shape index (κ2) is 5.42. The Bertz CT molecular complexity index is 430. The molecule has 0 N–H and O–H groups in total. The highest BCUT2D eigenvalue weighted by molar-refractivity contribution is 6.30. The number of anilines is 1. The molecule has 2 rings (SSSR count). The van der Waals surface area contributed by atoms with Crippen LogP contribution in [0.2, 0.25) is 5.02 Å². The zero-order valence-corrected chi connectivity index (χ0v) is 10.9. The van der Waals surface area contributed by atoms with Crippen molar-refractivity contribution in [2.75, 3.05) is 11.9 Å². The third-order valence-electron chi connectivity index (χ3n) is 3.58. The predicted molar refractivity (Wildman–Crippen MR) is 71.4 cm³/mol. The van der Waals surface area contributed by atoms with Gasteiger partial charge in [0.1, 0.15) is 6.07 Å². The van der Waals surface area contributed by atoms with E-state index in [2.05, 4.69) is 18.0 Å². The van der Waals surface area contributed by atoms with Gasteiger partial charge in [-0.25, -0.2) is 0 Å². The van der Waals surface area contributed by atoms with Gasteiger partial charge in [0.2, 0.25) is 0 Å². The summed E-state index contributed by atoms with van der Waals surface area (Å²) < 4.78 is 0. The lowest BCUT2D eigenvalue weighted by Crippen LogP contribution is -2.33. The van der Waals surface area contributed by atoms with Crippen molar-refractivity contribution >= 4 is 17.3 Å². The Morgan fingerprint density at radius 1 is 1.29 bits per heavy atom. The van der Waals surface area contributed by atoms with Crippen LogP contribution in [0.1, 0.15) is 37.7 Å². The van der Waals surface area contributed by atoms with Gasteiger partial charge in [-0.15, -0.1) is 0 Å². The monoisotopic (exact) mass is 248 g/mol. The highest BCUT2D eigenvalue weighted by Gasteiger charge is 2.20.